The third-order valence-electron chi connectivity index (χ3n) is 5.62. The lowest BCUT2D eigenvalue weighted by Gasteiger charge is -2.38. The number of aromatic amines is 1. The average molecular weight is 502 g/mol. The number of aliphatic carboxylic acids is 1. The zero-order valence-corrected chi connectivity index (χ0v) is 19.6. The number of hydrogen-bond acceptors (Lipinski definition) is 6. The van der Waals surface area contributed by atoms with E-state index in [-0.39, 0.29) is 5.91 Å². The molecule has 2 aromatic carbocycles. The maximum absolute atomic E-state index is 12.6. The Morgan fingerprint density at radius 2 is 1.72 bits per heavy atom. The molecular formula is C24H25F3N6O3. The molecule has 3 aromatic rings. The van der Waals surface area contributed by atoms with Crippen LogP contribution in [0.4, 0.5) is 24.8 Å². The van der Waals surface area contributed by atoms with E-state index >= 15 is 0 Å². The fourth-order valence-electron chi connectivity index (χ4n) is 3.64. The van der Waals surface area contributed by atoms with E-state index < -0.39 is 12.1 Å². The van der Waals surface area contributed by atoms with Crippen LogP contribution in [-0.4, -0.2) is 70.2 Å². The summed E-state index contributed by atoms with van der Waals surface area (Å²) in [5.41, 5.74) is 3.68. The van der Waals surface area contributed by atoms with E-state index in [0.29, 0.717) is 28.6 Å². The highest BCUT2D eigenvalue weighted by Gasteiger charge is 2.38. The van der Waals surface area contributed by atoms with E-state index in [1.54, 1.807) is 18.2 Å². The molecule has 0 spiro atoms. The van der Waals surface area contributed by atoms with Gasteiger partial charge in [0.15, 0.2) is 0 Å². The van der Waals surface area contributed by atoms with Crippen molar-refractivity contribution in [2.75, 3.05) is 36.4 Å². The van der Waals surface area contributed by atoms with E-state index in [1.807, 2.05) is 24.3 Å². The van der Waals surface area contributed by atoms with Crippen LogP contribution in [0.15, 0.2) is 42.5 Å². The normalized spacial score (nSPS) is 14.2. The van der Waals surface area contributed by atoms with Crippen molar-refractivity contribution in [3.05, 3.63) is 53.6 Å². The maximum Gasteiger partial charge on any atom is 0.490 e. The number of benzene rings is 2. The third kappa shape index (κ3) is 6.73. The summed E-state index contributed by atoms with van der Waals surface area (Å²) >= 11 is 0. The number of amides is 1. The van der Waals surface area contributed by atoms with Crippen molar-refractivity contribution in [2.45, 2.75) is 26.1 Å². The van der Waals surface area contributed by atoms with Crippen molar-refractivity contribution in [1.29, 1.82) is 5.26 Å². The molecule has 1 aromatic heterocycles. The van der Waals surface area contributed by atoms with E-state index in [1.165, 1.54) is 0 Å². The molecule has 0 radical (unpaired) electrons. The number of piperazine rings is 1. The molecule has 9 nitrogen and oxygen atoms in total. The lowest BCUT2D eigenvalue weighted by atomic mass is 10.1. The summed E-state index contributed by atoms with van der Waals surface area (Å²) in [6, 6.07) is 15.5. The zero-order valence-electron chi connectivity index (χ0n) is 19.6. The molecule has 0 saturated carbocycles. The molecule has 1 aliphatic rings. The molecule has 190 valence electrons. The number of carbonyl (C=O) groups is 2. The van der Waals surface area contributed by atoms with Gasteiger partial charge in [-0.3, -0.25) is 15.0 Å². The van der Waals surface area contributed by atoms with Crippen molar-refractivity contribution in [1.82, 2.24) is 14.9 Å². The number of carboxylic acids is 1. The van der Waals surface area contributed by atoms with E-state index in [4.69, 9.17) is 15.2 Å². The van der Waals surface area contributed by atoms with Crippen LogP contribution in [0.3, 0.4) is 0 Å². The number of hydrogen-bond donors (Lipinski definition) is 3. The quantitative estimate of drug-likeness (QED) is 0.495. The lowest BCUT2D eigenvalue weighted by molar-refractivity contribution is -0.192. The predicted molar refractivity (Wildman–Crippen MR) is 128 cm³/mol. The molecule has 3 N–H and O–H groups in total. The van der Waals surface area contributed by atoms with Crippen molar-refractivity contribution in [2.24, 2.45) is 0 Å². The van der Waals surface area contributed by atoms with Crippen LogP contribution in [0.2, 0.25) is 0 Å². The SMILES string of the molecule is CC(C)N1CCN(c2ccc(C(=O)Nc3nc4ccc(C#N)cc4[nH]3)cc2)CC1.O=C(O)C(F)(F)F. The van der Waals surface area contributed by atoms with Crippen LogP contribution >= 0.6 is 0 Å². The molecule has 0 bridgehead atoms. The monoisotopic (exact) mass is 502 g/mol. The number of halogens is 3. The summed E-state index contributed by atoms with van der Waals surface area (Å²) in [6.45, 7) is 8.56. The fourth-order valence-corrected chi connectivity index (χ4v) is 3.64. The van der Waals surface area contributed by atoms with Crippen LogP contribution in [-0.2, 0) is 4.79 Å². The topological polar surface area (TPSA) is 125 Å². The van der Waals surface area contributed by atoms with Crippen LogP contribution in [0.25, 0.3) is 11.0 Å². The van der Waals surface area contributed by atoms with Gasteiger partial charge in [0.2, 0.25) is 5.95 Å². The number of carboxylic acid groups (broad SMARTS) is 1. The van der Waals surface area contributed by atoms with Crippen LogP contribution < -0.4 is 10.2 Å². The summed E-state index contributed by atoms with van der Waals surface area (Å²) in [6.07, 6.45) is -5.08. The van der Waals surface area contributed by atoms with Gasteiger partial charge in [-0.05, 0) is 56.3 Å². The fraction of sp³-hybridized carbons (Fsp3) is 0.333. The molecule has 0 unspecified atom stereocenters. The summed E-state index contributed by atoms with van der Waals surface area (Å²) < 4.78 is 31.7. The van der Waals surface area contributed by atoms with Gasteiger partial charge < -0.3 is 15.0 Å². The molecule has 0 atom stereocenters. The number of H-pyrrole nitrogens is 1. The van der Waals surface area contributed by atoms with E-state index in [0.717, 1.165) is 37.4 Å². The number of carbonyl (C=O) groups excluding carboxylic acids is 1. The molecule has 36 heavy (non-hydrogen) atoms. The van der Waals surface area contributed by atoms with Crippen molar-refractivity contribution >= 4 is 34.5 Å². The smallest absolute Gasteiger partial charge is 0.475 e. The molecular weight excluding hydrogens is 477 g/mol. The van der Waals surface area contributed by atoms with Gasteiger partial charge in [0, 0.05) is 43.5 Å². The van der Waals surface area contributed by atoms with E-state index in [2.05, 4.69) is 45.0 Å². The Hall–Kier alpha value is -4.11. The molecule has 1 aliphatic heterocycles. The second kappa shape index (κ2) is 11.1. The van der Waals surface area contributed by atoms with Crippen LogP contribution in [0.5, 0.6) is 0 Å². The minimum Gasteiger partial charge on any atom is -0.475 e. The van der Waals surface area contributed by atoms with Crippen molar-refractivity contribution in [3.63, 3.8) is 0 Å². The summed E-state index contributed by atoms with van der Waals surface area (Å²) in [5, 5.41) is 18.9. The number of anilines is 2. The molecule has 4 rings (SSSR count). The summed E-state index contributed by atoms with van der Waals surface area (Å²) in [4.78, 5) is 33.7. The first-order valence-electron chi connectivity index (χ1n) is 11.1. The van der Waals surface area contributed by atoms with Crippen molar-refractivity contribution in [3.8, 4) is 6.07 Å². The van der Waals surface area contributed by atoms with Gasteiger partial charge in [-0.2, -0.15) is 18.4 Å². The Morgan fingerprint density at radius 3 is 2.25 bits per heavy atom. The molecule has 1 fully saturated rings. The largest absolute Gasteiger partial charge is 0.490 e. The highest BCUT2D eigenvalue weighted by Crippen LogP contribution is 2.20. The number of nitrogens with zero attached hydrogens (tertiary/aromatic N) is 4. The summed E-state index contributed by atoms with van der Waals surface area (Å²) in [7, 11) is 0. The lowest BCUT2D eigenvalue weighted by Crippen LogP contribution is -2.48. The Balaban J connectivity index is 0.000000454. The second-order valence-corrected chi connectivity index (χ2v) is 8.35. The minimum atomic E-state index is -5.08. The number of nitrogens with one attached hydrogen (secondary N) is 2. The third-order valence-corrected chi connectivity index (χ3v) is 5.62. The van der Waals surface area contributed by atoms with Gasteiger partial charge in [-0.25, -0.2) is 9.78 Å². The van der Waals surface area contributed by atoms with Crippen molar-refractivity contribution < 1.29 is 27.9 Å². The molecule has 2 heterocycles. The van der Waals surface area contributed by atoms with Gasteiger partial charge in [0.05, 0.1) is 22.7 Å². The predicted octanol–water partition coefficient (Wildman–Crippen LogP) is 3.85. The Bertz CT molecular complexity index is 1260. The number of fused-ring (bicyclic) bond motifs is 1. The number of rotatable bonds is 4. The van der Waals surface area contributed by atoms with Gasteiger partial charge in [-0.15, -0.1) is 0 Å². The molecule has 1 saturated heterocycles. The molecule has 12 heteroatoms. The second-order valence-electron chi connectivity index (χ2n) is 8.35. The first-order valence-corrected chi connectivity index (χ1v) is 11.1. The Kier molecular flexibility index (Phi) is 8.16. The maximum atomic E-state index is 12.6. The Labute approximate surface area is 205 Å². The number of nitriles is 1. The Morgan fingerprint density at radius 1 is 1.11 bits per heavy atom. The van der Waals surface area contributed by atoms with Gasteiger partial charge >= 0.3 is 12.1 Å². The highest BCUT2D eigenvalue weighted by molar-refractivity contribution is 6.04. The van der Waals surface area contributed by atoms with Crippen LogP contribution in [0.1, 0.15) is 29.8 Å². The molecule has 0 aliphatic carbocycles. The van der Waals surface area contributed by atoms with Gasteiger partial charge in [0.1, 0.15) is 0 Å². The molecule has 1 amide bonds. The first kappa shape index (κ1) is 26.5. The van der Waals surface area contributed by atoms with Crippen LogP contribution in [0, 0.1) is 11.3 Å². The standard InChI is InChI=1S/C22H24N6O.C2HF3O2/c1-15(2)27-9-11-28(12-10-27)18-6-4-17(5-7-18)21(29)26-22-24-19-8-3-16(14-23)13-20(19)25-22;3-2(4,5)1(6)7/h3-8,13,15H,9-12H2,1-2H3,(H2,24,25,26,29);(H,6,7). The summed E-state index contributed by atoms with van der Waals surface area (Å²) in [5.74, 6) is -2.61. The minimum absolute atomic E-state index is 0.222. The van der Waals surface area contributed by atoms with Gasteiger partial charge in [0.25, 0.3) is 5.91 Å². The van der Waals surface area contributed by atoms with Gasteiger partial charge in [-0.1, -0.05) is 0 Å². The number of imidazole rings is 1. The number of alkyl halides is 3. The zero-order chi connectivity index (χ0) is 26.5. The highest BCUT2D eigenvalue weighted by atomic mass is 19.4. The number of aromatic nitrogens is 2. The first-order chi connectivity index (χ1) is 17.0. The van der Waals surface area contributed by atoms with E-state index in [9.17, 15) is 18.0 Å². The average Bonchev–Trinajstić information content (AvgIpc) is 3.25.